The van der Waals surface area contributed by atoms with Crippen LogP contribution in [0.25, 0.3) is 0 Å². The summed E-state index contributed by atoms with van der Waals surface area (Å²) in [5, 5.41) is 0. The number of hydrogen-bond acceptors (Lipinski definition) is 2. The van der Waals surface area contributed by atoms with E-state index in [1.165, 1.54) is 0 Å². The fourth-order valence-electron chi connectivity index (χ4n) is 0.985. The van der Waals surface area contributed by atoms with Crippen LogP contribution >= 0.6 is 0 Å². The Bertz CT molecular complexity index is 145. The third-order valence-electron chi connectivity index (χ3n) is 1.94. The smallest absolute Gasteiger partial charge is 0.239 e. The Balaban J connectivity index is 4.00. The number of rotatable bonds is 4. The molecule has 0 aliphatic rings. The van der Waals surface area contributed by atoms with Crippen molar-refractivity contribution in [1.82, 2.24) is 4.90 Å². The van der Waals surface area contributed by atoms with Gasteiger partial charge in [0.25, 0.3) is 0 Å². The van der Waals surface area contributed by atoms with Crippen LogP contribution in [0.4, 0.5) is 0 Å². The van der Waals surface area contributed by atoms with Gasteiger partial charge >= 0.3 is 0 Å². The molecule has 0 heterocycles. The number of amides is 1. The van der Waals surface area contributed by atoms with Crippen LogP contribution in [0.3, 0.4) is 0 Å². The Morgan fingerprint density at radius 3 is 2.33 bits per heavy atom. The molecule has 0 bridgehead atoms. The molecule has 0 aromatic rings. The van der Waals surface area contributed by atoms with E-state index in [1.54, 1.807) is 11.9 Å². The minimum Gasteiger partial charge on any atom is -0.344 e. The van der Waals surface area contributed by atoms with Crippen LogP contribution in [-0.4, -0.2) is 30.4 Å². The second-order valence-corrected chi connectivity index (χ2v) is 3.53. The normalized spacial score (nSPS) is 13.2. The lowest BCUT2D eigenvalue weighted by molar-refractivity contribution is -0.132. The number of nitrogens with zero attached hydrogens (tertiary/aromatic N) is 1. The van der Waals surface area contributed by atoms with E-state index in [0.717, 1.165) is 13.0 Å². The van der Waals surface area contributed by atoms with E-state index in [4.69, 9.17) is 5.73 Å². The first-order valence-electron chi connectivity index (χ1n) is 4.51. The molecule has 0 rings (SSSR count). The van der Waals surface area contributed by atoms with Gasteiger partial charge < -0.3 is 10.6 Å². The van der Waals surface area contributed by atoms with Gasteiger partial charge in [-0.25, -0.2) is 0 Å². The molecule has 0 aliphatic carbocycles. The van der Waals surface area contributed by atoms with Crippen LogP contribution in [0.5, 0.6) is 0 Å². The maximum atomic E-state index is 11.5. The predicted molar refractivity (Wildman–Crippen MR) is 50.7 cm³/mol. The SMILES string of the molecule is CCCN(C)C(=O)[C@@H](N)C(C)C. The topological polar surface area (TPSA) is 46.3 Å². The average molecular weight is 172 g/mol. The van der Waals surface area contributed by atoms with Crippen LogP contribution in [0.2, 0.25) is 0 Å². The van der Waals surface area contributed by atoms with E-state index in [1.807, 2.05) is 20.8 Å². The summed E-state index contributed by atoms with van der Waals surface area (Å²) >= 11 is 0. The molecule has 2 N–H and O–H groups in total. The van der Waals surface area contributed by atoms with Crippen molar-refractivity contribution in [3.8, 4) is 0 Å². The molecule has 1 amide bonds. The van der Waals surface area contributed by atoms with Crippen molar-refractivity contribution in [3.63, 3.8) is 0 Å². The minimum absolute atomic E-state index is 0.0480. The molecular formula is C9H20N2O. The number of likely N-dealkylation sites (N-methyl/N-ethyl adjacent to an activating group) is 1. The molecule has 0 saturated heterocycles. The van der Waals surface area contributed by atoms with Gasteiger partial charge in [0.05, 0.1) is 6.04 Å². The fraction of sp³-hybridized carbons (Fsp3) is 0.889. The van der Waals surface area contributed by atoms with Gasteiger partial charge in [-0.15, -0.1) is 0 Å². The Morgan fingerprint density at radius 2 is 2.00 bits per heavy atom. The summed E-state index contributed by atoms with van der Waals surface area (Å²) in [6.45, 7) is 6.76. The number of nitrogens with two attached hydrogens (primary N) is 1. The molecule has 0 saturated carbocycles. The summed E-state index contributed by atoms with van der Waals surface area (Å²) in [4.78, 5) is 13.2. The Kier molecular flexibility index (Phi) is 4.90. The molecule has 0 aliphatic heterocycles. The summed E-state index contributed by atoms with van der Waals surface area (Å²) < 4.78 is 0. The number of hydrogen-bond donors (Lipinski definition) is 1. The van der Waals surface area contributed by atoms with E-state index in [9.17, 15) is 4.79 Å². The van der Waals surface area contributed by atoms with Crippen molar-refractivity contribution in [3.05, 3.63) is 0 Å². The molecule has 0 fully saturated rings. The van der Waals surface area contributed by atoms with Crippen LogP contribution in [0, 0.1) is 5.92 Å². The second kappa shape index (κ2) is 5.14. The first-order chi connectivity index (χ1) is 5.50. The van der Waals surface area contributed by atoms with Crippen LogP contribution in [0.1, 0.15) is 27.2 Å². The third kappa shape index (κ3) is 3.22. The van der Waals surface area contributed by atoms with Gasteiger partial charge in [-0.2, -0.15) is 0 Å². The molecule has 0 aromatic heterocycles. The molecular weight excluding hydrogens is 152 g/mol. The van der Waals surface area contributed by atoms with Crippen molar-refractivity contribution >= 4 is 5.91 Å². The van der Waals surface area contributed by atoms with Gasteiger partial charge in [0.1, 0.15) is 0 Å². The van der Waals surface area contributed by atoms with Gasteiger partial charge in [-0.3, -0.25) is 4.79 Å². The Hall–Kier alpha value is -0.570. The minimum atomic E-state index is -0.346. The summed E-state index contributed by atoms with van der Waals surface area (Å²) in [6, 6.07) is -0.346. The largest absolute Gasteiger partial charge is 0.344 e. The monoisotopic (exact) mass is 172 g/mol. The predicted octanol–water partition coefficient (Wildman–Crippen LogP) is 0.838. The van der Waals surface area contributed by atoms with E-state index >= 15 is 0 Å². The lowest BCUT2D eigenvalue weighted by atomic mass is 10.0. The zero-order chi connectivity index (χ0) is 9.72. The maximum Gasteiger partial charge on any atom is 0.239 e. The van der Waals surface area contributed by atoms with Crippen molar-refractivity contribution in [2.75, 3.05) is 13.6 Å². The van der Waals surface area contributed by atoms with Crippen LogP contribution in [-0.2, 0) is 4.79 Å². The van der Waals surface area contributed by atoms with E-state index in [0.29, 0.717) is 0 Å². The molecule has 72 valence electrons. The van der Waals surface area contributed by atoms with Crippen molar-refractivity contribution in [2.24, 2.45) is 11.7 Å². The highest BCUT2D eigenvalue weighted by Crippen LogP contribution is 2.02. The lowest BCUT2D eigenvalue weighted by Gasteiger charge is -2.22. The Morgan fingerprint density at radius 1 is 1.50 bits per heavy atom. The molecule has 3 heteroatoms. The zero-order valence-corrected chi connectivity index (χ0v) is 8.50. The van der Waals surface area contributed by atoms with E-state index < -0.39 is 0 Å². The third-order valence-corrected chi connectivity index (χ3v) is 1.94. The molecule has 0 spiro atoms. The number of carbonyl (C=O) groups is 1. The summed E-state index contributed by atoms with van der Waals surface area (Å²) in [7, 11) is 1.80. The molecule has 0 aromatic carbocycles. The average Bonchev–Trinajstić information content (AvgIpc) is 2.02. The van der Waals surface area contributed by atoms with Crippen molar-refractivity contribution in [2.45, 2.75) is 33.2 Å². The van der Waals surface area contributed by atoms with Crippen molar-refractivity contribution in [1.29, 1.82) is 0 Å². The first-order valence-corrected chi connectivity index (χ1v) is 4.51. The standard InChI is InChI=1S/C9H20N2O/c1-5-6-11(4)9(12)8(10)7(2)3/h7-8H,5-6,10H2,1-4H3/t8-/m0/s1. The summed E-state index contributed by atoms with van der Waals surface area (Å²) in [5.74, 6) is 0.267. The summed E-state index contributed by atoms with van der Waals surface area (Å²) in [5.41, 5.74) is 5.70. The van der Waals surface area contributed by atoms with Crippen molar-refractivity contribution < 1.29 is 4.79 Å². The molecule has 12 heavy (non-hydrogen) atoms. The van der Waals surface area contributed by atoms with Gasteiger partial charge in [0, 0.05) is 13.6 Å². The maximum absolute atomic E-state index is 11.5. The van der Waals surface area contributed by atoms with Gasteiger partial charge in [0.15, 0.2) is 0 Å². The highest BCUT2D eigenvalue weighted by atomic mass is 16.2. The van der Waals surface area contributed by atoms with Crippen LogP contribution in [0.15, 0.2) is 0 Å². The zero-order valence-electron chi connectivity index (χ0n) is 8.50. The van der Waals surface area contributed by atoms with E-state index in [-0.39, 0.29) is 17.9 Å². The molecule has 1 atom stereocenters. The van der Waals surface area contributed by atoms with E-state index in [2.05, 4.69) is 0 Å². The quantitative estimate of drug-likeness (QED) is 0.683. The Labute approximate surface area is 74.9 Å². The van der Waals surface area contributed by atoms with Gasteiger partial charge in [-0.1, -0.05) is 20.8 Å². The highest BCUT2D eigenvalue weighted by molar-refractivity contribution is 5.81. The van der Waals surface area contributed by atoms with Gasteiger partial charge in [0.2, 0.25) is 5.91 Å². The highest BCUT2D eigenvalue weighted by Gasteiger charge is 2.19. The molecule has 0 unspecified atom stereocenters. The lowest BCUT2D eigenvalue weighted by Crippen LogP contribution is -2.45. The number of carbonyl (C=O) groups excluding carboxylic acids is 1. The summed E-state index contributed by atoms with van der Waals surface area (Å²) in [6.07, 6.45) is 0.979. The fourth-order valence-corrected chi connectivity index (χ4v) is 0.985. The van der Waals surface area contributed by atoms with Gasteiger partial charge in [-0.05, 0) is 12.3 Å². The molecule has 0 radical (unpaired) electrons. The second-order valence-electron chi connectivity index (χ2n) is 3.53. The van der Waals surface area contributed by atoms with Crippen LogP contribution < -0.4 is 5.73 Å². The molecule has 3 nitrogen and oxygen atoms in total. The first kappa shape index (κ1) is 11.4.